The second-order valence-corrected chi connectivity index (χ2v) is 4.83. The Hall–Kier alpha value is -1.81. The highest BCUT2D eigenvalue weighted by Gasteiger charge is 2.13. The Morgan fingerprint density at radius 3 is 2.58 bits per heavy atom. The number of rotatable bonds is 4. The van der Waals surface area contributed by atoms with Crippen LogP contribution in [0.4, 0.5) is 0 Å². The molecule has 0 fully saturated rings. The first kappa shape index (κ1) is 13.6. The molecule has 0 saturated carbocycles. The van der Waals surface area contributed by atoms with Crippen molar-refractivity contribution < 1.29 is 4.74 Å². The van der Waals surface area contributed by atoms with Gasteiger partial charge in [0.2, 0.25) is 0 Å². The highest BCUT2D eigenvalue weighted by atomic mass is 16.5. The average Bonchev–Trinajstić information content (AvgIpc) is 2.73. The molecule has 19 heavy (non-hydrogen) atoms. The van der Waals surface area contributed by atoms with Gasteiger partial charge in [-0.15, -0.1) is 0 Å². The lowest BCUT2D eigenvalue weighted by Gasteiger charge is -2.10. The average molecular weight is 259 g/mol. The molecule has 0 aliphatic rings. The molecule has 0 aliphatic heterocycles. The van der Waals surface area contributed by atoms with Crippen LogP contribution in [0.2, 0.25) is 0 Å². The third-order valence-corrected chi connectivity index (χ3v) is 3.31. The van der Waals surface area contributed by atoms with Gasteiger partial charge in [0, 0.05) is 17.7 Å². The number of nitrogens with zero attached hydrogens (tertiary/aromatic N) is 1. The van der Waals surface area contributed by atoms with Crippen molar-refractivity contribution in [3.63, 3.8) is 0 Å². The molecule has 0 radical (unpaired) electrons. The molecule has 0 atom stereocenters. The van der Waals surface area contributed by atoms with Gasteiger partial charge in [0.05, 0.1) is 12.8 Å². The van der Waals surface area contributed by atoms with Crippen LogP contribution in [0.1, 0.15) is 22.6 Å². The second-order valence-electron chi connectivity index (χ2n) is 4.83. The molecule has 0 bridgehead atoms. The van der Waals surface area contributed by atoms with Gasteiger partial charge in [0.1, 0.15) is 11.6 Å². The Labute approximate surface area is 114 Å². The lowest BCUT2D eigenvalue weighted by molar-refractivity contribution is 0.411. The number of imidazole rings is 1. The van der Waals surface area contributed by atoms with Crippen LogP contribution in [0.15, 0.2) is 12.1 Å². The van der Waals surface area contributed by atoms with Gasteiger partial charge in [0.15, 0.2) is 0 Å². The lowest BCUT2D eigenvalue weighted by atomic mass is 10.0. The van der Waals surface area contributed by atoms with Gasteiger partial charge in [-0.25, -0.2) is 4.98 Å². The molecule has 3 N–H and O–H groups in total. The number of aryl methyl sites for hydroxylation is 3. The highest BCUT2D eigenvalue weighted by molar-refractivity contribution is 5.68. The van der Waals surface area contributed by atoms with Crippen molar-refractivity contribution in [2.75, 3.05) is 13.7 Å². The SMILES string of the molecule is COc1cc(C)c(-c2nc(CCN)[nH]c2C)cc1C. The van der Waals surface area contributed by atoms with E-state index >= 15 is 0 Å². The van der Waals surface area contributed by atoms with E-state index in [1.807, 2.05) is 13.8 Å². The largest absolute Gasteiger partial charge is 0.496 e. The molecule has 2 rings (SSSR count). The normalized spacial score (nSPS) is 10.8. The maximum atomic E-state index is 5.57. The fourth-order valence-electron chi connectivity index (χ4n) is 2.30. The number of hydrogen-bond donors (Lipinski definition) is 2. The molecule has 0 unspecified atom stereocenters. The summed E-state index contributed by atoms with van der Waals surface area (Å²) in [5.74, 6) is 1.86. The number of aromatic amines is 1. The van der Waals surface area contributed by atoms with Gasteiger partial charge in [0.25, 0.3) is 0 Å². The fourth-order valence-corrected chi connectivity index (χ4v) is 2.30. The first-order chi connectivity index (χ1) is 9.06. The van der Waals surface area contributed by atoms with E-state index in [1.54, 1.807) is 7.11 Å². The van der Waals surface area contributed by atoms with Crippen molar-refractivity contribution in [2.45, 2.75) is 27.2 Å². The van der Waals surface area contributed by atoms with Gasteiger partial charge >= 0.3 is 0 Å². The second kappa shape index (κ2) is 5.45. The Kier molecular flexibility index (Phi) is 3.90. The Balaban J connectivity index is 2.49. The summed E-state index contributed by atoms with van der Waals surface area (Å²) in [6.07, 6.45) is 0.773. The Bertz CT molecular complexity index is 587. The van der Waals surface area contributed by atoms with Crippen LogP contribution >= 0.6 is 0 Å². The lowest BCUT2D eigenvalue weighted by Crippen LogP contribution is -2.03. The van der Waals surface area contributed by atoms with Crippen molar-refractivity contribution in [3.05, 3.63) is 34.8 Å². The van der Waals surface area contributed by atoms with Gasteiger partial charge in [-0.2, -0.15) is 0 Å². The predicted octanol–water partition coefficient (Wildman–Crippen LogP) is 2.51. The first-order valence-electron chi connectivity index (χ1n) is 6.48. The van der Waals surface area contributed by atoms with Crippen LogP contribution in [-0.4, -0.2) is 23.6 Å². The maximum absolute atomic E-state index is 5.57. The molecule has 102 valence electrons. The third kappa shape index (κ3) is 2.63. The minimum absolute atomic E-state index is 0.604. The number of aromatic nitrogens is 2. The zero-order valence-corrected chi connectivity index (χ0v) is 12.0. The quantitative estimate of drug-likeness (QED) is 0.886. The minimum Gasteiger partial charge on any atom is -0.496 e. The molecule has 1 aromatic heterocycles. The van der Waals surface area contributed by atoms with Crippen molar-refractivity contribution in [2.24, 2.45) is 5.73 Å². The molecule has 0 saturated heterocycles. The van der Waals surface area contributed by atoms with E-state index in [0.717, 1.165) is 46.1 Å². The van der Waals surface area contributed by atoms with Gasteiger partial charge in [-0.3, -0.25) is 0 Å². The zero-order chi connectivity index (χ0) is 14.0. The molecule has 0 spiro atoms. The smallest absolute Gasteiger partial charge is 0.122 e. The van der Waals surface area contributed by atoms with Crippen LogP contribution in [0.5, 0.6) is 5.75 Å². The molecule has 1 heterocycles. The summed E-state index contributed by atoms with van der Waals surface area (Å²) in [5.41, 5.74) is 11.1. The van der Waals surface area contributed by atoms with Gasteiger partial charge in [-0.05, 0) is 50.6 Å². The monoisotopic (exact) mass is 259 g/mol. The van der Waals surface area contributed by atoms with Crippen molar-refractivity contribution in [1.29, 1.82) is 0 Å². The first-order valence-corrected chi connectivity index (χ1v) is 6.48. The van der Waals surface area contributed by atoms with Crippen LogP contribution in [0.3, 0.4) is 0 Å². The summed E-state index contributed by atoms with van der Waals surface area (Å²) in [6, 6.07) is 4.19. The Morgan fingerprint density at radius 2 is 1.95 bits per heavy atom. The summed E-state index contributed by atoms with van der Waals surface area (Å²) in [5, 5.41) is 0. The molecule has 0 amide bonds. The van der Waals surface area contributed by atoms with E-state index in [1.165, 1.54) is 0 Å². The summed E-state index contributed by atoms with van der Waals surface area (Å²) >= 11 is 0. The molecular formula is C15H21N3O. The van der Waals surface area contributed by atoms with Crippen molar-refractivity contribution in [3.8, 4) is 17.0 Å². The molecular weight excluding hydrogens is 238 g/mol. The predicted molar refractivity (Wildman–Crippen MR) is 77.5 cm³/mol. The number of H-pyrrole nitrogens is 1. The van der Waals surface area contributed by atoms with Gasteiger partial charge < -0.3 is 15.5 Å². The van der Waals surface area contributed by atoms with Crippen molar-refractivity contribution in [1.82, 2.24) is 9.97 Å². The van der Waals surface area contributed by atoms with E-state index in [0.29, 0.717) is 6.54 Å². The summed E-state index contributed by atoms with van der Waals surface area (Å²) in [7, 11) is 1.70. The van der Waals surface area contributed by atoms with E-state index in [9.17, 15) is 0 Å². The summed E-state index contributed by atoms with van der Waals surface area (Å²) in [6.45, 7) is 6.77. The standard InChI is InChI=1S/C15H21N3O/c1-9-8-13(19-4)10(2)7-12(9)15-11(3)17-14(18-15)5-6-16/h7-8H,5-6,16H2,1-4H3,(H,17,18). The minimum atomic E-state index is 0.604. The summed E-state index contributed by atoms with van der Waals surface area (Å²) < 4.78 is 5.35. The van der Waals surface area contributed by atoms with E-state index in [-0.39, 0.29) is 0 Å². The van der Waals surface area contributed by atoms with Crippen LogP contribution < -0.4 is 10.5 Å². The molecule has 2 aromatic rings. The van der Waals surface area contributed by atoms with Crippen LogP contribution in [0, 0.1) is 20.8 Å². The zero-order valence-electron chi connectivity index (χ0n) is 12.0. The van der Waals surface area contributed by atoms with Crippen molar-refractivity contribution >= 4 is 0 Å². The molecule has 1 aromatic carbocycles. The summed E-state index contributed by atoms with van der Waals surface area (Å²) in [4.78, 5) is 7.95. The number of benzene rings is 1. The molecule has 0 aliphatic carbocycles. The van der Waals surface area contributed by atoms with Crippen LogP contribution in [0.25, 0.3) is 11.3 Å². The van der Waals surface area contributed by atoms with E-state index in [2.05, 4.69) is 29.0 Å². The maximum Gasteiger partial charge on any atom is 0.122 e. The number of ether oxygens (including phenoxy) is 1. The van der Waals surface area contributed by atoms with E-state index < -0.39 is 0 Å². The third-order valence-electron chi connectivity index (χ3n) is 3.31. The van der Waals surface area contributed by atoms with Gasteiger partial charge in [-0.1, -0.05) is 0 Å². The molecule has 4 nitrogen and oxygen atoms in total. The number of hydrogen-bond acceptors (Lipinski definition) is 3. The number of methoxy groups -OCH3 is 1. The number of nitrogens with one attached hydrogen (secondary N) is 1. The topological polar surface area (TPSA) is 63.9 Å². The highest BCUT2D eigenvalue weighted by Crippen LogP contribution is 2.30. The molecule has 4 heteroatoms. The van der Waals surface area contributed by atoms with Crippen LogP contribution in [-0.2, 0) is 6.42 Å². The van der Waals surface area contributed by atoms with E-state index in [4.69, 9.17) is 10.5 Å². The number of nitrogens with two attached hydrogens (primary N) is 1. The fraction of sp³-hybridized carbons (Fsp3) is 0.400. The Morgan fingerprint density at radius 1 is 1.21 bits per heavy atom.